The van der Waals surface area contributed by atoms with Gasteiger partial charge in [0.15, 0.2) is 11.6 Å². The third kappa shape index (κ3) is 5.78. The molecule has 2 aromatic rings. The van der Waals surface area contributed by atoms with Gasteiger partial charge < -0.3 is 20.1 Å². The minimum Gasteiger partial charge on any atom is -0.508 e. The van der Waals surface area contributed by atoms with Crippen LogP contribution in [-0.4, -0.2) is 17.2 Å². The maximum atomic E-state index is 14.4. The average Bonchev–Trinajstić information content (AvgIpc) is 3.05. The molecule has 0 atom stereocenters. The fourth-order valence-electron chi connectivity index (χ4n) is 4.13. The van der Waals surface area contributed by atoms with Crippen molar-refractivity contribution >= 4 is 22.5 Å². The Balaban J connectivity index is 0.00000187. The number of benzene rings is 1. The molecule has 0 aliphatic heterocycles. The van der Waals surface area contributed by atoms with E-state index in [9.17, 15) is 9.50 Å². The minimum atomic E-state index is -0.432. The van der Waals surface area contributed by atoms with Crippen LogP contribution >= 0.6 is 0 Å². The highest BCUT2D eigenvalue weighted by molar-refractivity contribution is 5.93. The van der Waals surface area contributed by atoms with Crippen molar-refractivity contribution in [3.63, 3.8) is 0 Å². The van der Waals surface area contributed by atoms with E-state index < -0.39 is 5.82 Å². The summed E-state index contributed by atoms with van der Waals surface area (Å²) in [7, 11) is 1.46. The van der Waals surface area contributed by atoms with Crippen LogP contribution in [0, 0.1) is 5.82 Å². The third-order valence-corrected chi connectivity index (χ3v) is 5.51. The van der Waals surface area contributed by atoms with E-state index in [4.69, 9.17) is 4.74 Å². The number of methoxy groups -OCH3 is 1. The quantitative estimate of drug-likeness (QED) is 0.224. The summed E-state index contributed by atoms with van der Waals surface area (Å²) in [5, 5.41) is 14.0. The summed E-state index contributed by atoms with van der Waals surface area (Å²) in [5.74, 6) is -0.132. The number of fused-ring (bicyclic) bond motifs is 1. The monoisotopic (exact) mass is 452 g/mol. The molecule has 33 heavy (non-hydrogen) atoms. The lowest BCUT2D eigenvalue weighted by Gasteiger charge is -2.16. The molecule has 0 radical (unpaired) electrons. The molecule has 0 unspecified atom stereocenters. The second-order valence-corrected chi connectivity index (χ2v) is 7.51. The van der Waals surface area contributed by atoms with Crippen LogP contribution in [0.5, 0.6) is 5.75 Å². The Morgan fingerprint density at radius 2 is 2.00 bits per heavy atom. The van der Waals surface area contributed by atoms with Gasteiger partial charge in [0.25, 0.3) is 0 Å². The van der Waals surface area contributed by atoms with E-state index in [2.05, 4.69) is 29.9 Å². The number of para-hydroxylation sites is 1. The number of aromatic nitrogens is 1. The number of aliphatic hydroxyl groups is 1. The molecule has 0 amide bonds. The van der Waals surface area contributed by atoms with Gasteiger partial charge in [-0.05, 0) is 68.9 Å². The highest BCUT2D eigenvalue weighted by Gasteiger charge is 2.26. The smallest absolute Gasteiger partial charge is 0.177 e. The topological polar surface area (TPSA) is 57.3 Å². The van der Waals surface area contributed by atoms with Crippen LogP contribution in [0.1, 0.15) is 70.3 Å². The lowest BCUT2D eigenvalue weighted by Crippen LogP contribution is -2.01. The first-order valence-corrected chi connectivity index (χ1v) is 11.8. The van der Waals surface area contributed by atoms with Crippen LogP contribution in [0.4, 0.5) is 15.8 Å². The fraction of sp³-hybridized carbons (Fsp3) is 0.357. The van der Waals surface area contributed by atoms with Crippen LogP contribution in [0.2, 0.25) is 0 Å². The van der Waals surface area contributed by atoms with Gasteiger partial charge in [0, 0.05) is 16.8 Å². The van der Waals surface area contributed by atoms with E-state index in [1.165, 1.54) is 18.7 Å². The molecule has 3 rings (SSSR count). The Morgan fingerprint density at radius 1 is 1.27 bits per heavy atom. The number of aliphatic hydroxyl groups excluding tert-OH is 1. The van der Waals surface area contributed by atoms with Crippen molar-refractivity contribution in [2.75, 3.05) is 12.4 Å². The Bertz CT molecular complexity index is 1040. The fourth-order valence-corrected chi connectivity index (χ4v) is 4.13. The van der Waals surface area contributed by atoms with Gasteiger partial charge in [-0.25, -0.2) is 4.39 Å². The number of halogens is 1. The van der Waals surface area contributed by atoms with E-state index in [1.54, 1.807) is 37.3 Å². The summed E-state index contributed by atoms with van der Waals surface area (Å²) < 4.78 is 19.7. The van der Waals surface area contributed by atoms with Crippen molar-refractivity contribution in [1.82, 2.24) is 4.98 Å². The second kappa shape index (κ2) is 12.7. The molecule has 3 N–H and O–H groups in total. The maximum Gasteiger partial charge on any atom is 0.177 e. The standard InChI is InChI=1S/C26H31FN2O2.C2H6/c1-5-11-17-13-8-9-15-20-23(17)25(24(28-20)18(12-6-2)22(30)7-3)29-21-16-10-14-19(27)26(21)31-4;1-2/h6-7,10-12,14,16,28-30H,2,5,8-9,13,15H2,1,3-4H3;1-2H3/b17-11?,18-12+,22-7+;. The molecule has 0 bridgehead atoms. The number of nitrogens with one attached hydrogen (secondary N) is 2. The Kier molecular flexibility index (Phi) is 10.0. The lowest BCUT2D eigenvalue weighted by atomic mass is 9.98. The second-order valence-electron chi connectivity index (χ2n) is 7.51. The molecule has 5 heteroatoms. The third-order valence-electron chi connectivity index (χ3n) is 5.51. The Labute approximate surface area is 197 Å². The Morgan fingerprint density at radius 3 is 2.64 bits per heavy atom. The molecule has 1 aromatic heterocycles. The number of H-pyrrole nitrogens is 1. The summed E-state index contributed by atoms with van der Waals surface area (Å²) >= 11 is 0. The number of anilines is 2. The highest BCUT2D eigenvalue weighted by Crippen LogP contribution is 2.43. The molecule has 1 aromatic carbocycles. The summed E-state index contributed by atoms with van der Waals surface area (Å²) in [6, 6.07) is 4.81. The summed E-state index contributed by atoms with van der Waals surface area (Å²) in [5.41, 5.74) is 6.18. The lowest BCUT2D eigenvalue weighted by molar-refractivity contribution is 0.388. The molecule has 1 heterocycles. The van der Waals surface area contributed by atoms with Gasteiger partial charge in [-0.1, -0.05) is 45.6 Å². The van der Waals surface area contributed by atoms with Gasteiger partial charge in [0.1, 0.15) is 5.76 Å². The van der Waals surface area contributed by atoms with E-state index in [1.807, 2.05) is 13.8 Å². The number of allylic oxidation sites excluding steroid dienone is 6. The number of rotatable bonds is 7. The first-order valence-electron chi connectivity index (χ1n) is 11.8. The first kappa shape index (κ1) is 26.0. The van der Waals surface area contributed by atoms with E-state index in [0.717, 1.165) is 54.7 Å². The zero-order valence-electron chi connectivity index (χ0n) is 20.5. The van der Waals surface area contributed by atoms with Crippen LogP contribution in [0.25, 0.3) is 11.1 Å². The van der Waals surface area contributed by atoms with Crippen LogP contribution in [0.3, 0.4) is 0 Å². The number of hydrogen-bond acceptors (Lipinski definition) is 3. The normalized spacial score (nSPS) is 15.3. The molecule has 0 fully saturated rings. The molecule has 0 saturated carbocycles. The molecule has 178 valence electrons. The van der Waals surface area contributed by atoms with Crippen LogP contribution in [0.15, 0.2) is 54.8 Å². The molecule has 1 aliphatic rings. The number of aryl methyl sites for hydroxylation is 1. The van der Waals surface area contributed by atoms with Gasteiger partial charge in [-0.2, -0.15) is 0 Å². The Hall–Kier alpha value is -3.21. The first-order chi connectivity index (χ1) is 16.0. The van der Waals surface area contributed by atoms with Crippen molar-refractivity contribution in [2.24, 2.45) is 0 Å². The van der Waals surface area contributed by atoms with Crippen molar-refractivity contribution in [3.8, 4) is 5.75 Å². The van der Waals surface area contributed by atoms with Crippen LogP contribution < -0.4 is 10.1 Å². The van der Waals surface area contributed by atoms with Gasteiger partial charge in [-0.3, -0.25) is 0 Å². The van der Waals surface area contributed by atoms with E-state index in [0.29, 0.717) is 11.3 Å². The molecule has 0 spiro atoms. The molecular weight excluding hydrogens is 415 g/mol. The molecular formula is C28H37FN2O2. The van der Waals surface area contributed by atoms with Gasteiger partial charge >= 0.3 is 0 Å². The number of ether oxygens (including phenoxy) is 1. The van der Waals surface area contributed by atoms with Crippen molar-refractivity contribution in [3.05, 3.63) is 77.6 Å². The van der Waals surface area contributed by atoms with Crippen LogP contribution in [-0.2, 0) is 6.42 Å². The van der Waals surface area contributed by atoms with Gasteiger partial charge in [0.2, 0.25) is 0 Å². The van der Waals surface area contributed by atoms with Crippen molar-refractivity contribution in [1.29, 1.82) is 0 Å². The predicted molar refractivity (Wildman–Crippen MR) is 139 cm³/mol. The molecule has 1 aliphatic carbocycles. The highest BCUT2D eigenvalue weighted by atomic mass is 19.1. The summed E-state index contributed by atoms with van der Waals surface area (Å²) in [6.07, 6.45) is 12.3. The van der Waals surface area contributed by atoms with Gasteiger partial charge in [0.05, 0.1) is 24.2 Å². The van der Waals surface area contributed by atoms with Gasteiger partial charge in [-0.15, -0.1) is 0 Å². The number of aromatic amines is 1. The average molecular weight is 453 g/mol. The van der Waals surface area contributed by atoms with Crippen molar-refractivity contribution < 1.29 is 14.2 Å². The zero-order chi connectivity index (χ0) is 24.4. The maximum absolute atomic E-state index is 14.4. The van der Waals surface area contributed by atoms with E-state index in [-0.39, 0.29) is 11.5 Å². The summed E-state index contributed by atoms with van der Waals surface area (Å²) in [4.78, 5) is 3.55. The zero-order valence-corrected chi connectivity index (χ0v) is 20.5. The number of hydrogen-bond donors (Lipinski definition) is 3. The molecule has 4 nitrogen and oxygen atoms in total. The molecule has 0 saturated heterocycles. The van der Waals surface area contributed by atoms with E-state index >= 15 is 0 Å². The minimum absolute atomic E-state index is 0.145. The van der Waals surface area contributed by atoms with Crippen molar-refractivity contribution in [2.45, 2.75) is 59.8 Å². The largest absolute Gasteiger partial charge is 0.508 e. The predicted octanol–water partition coefficient (Wildman–Crippen LogP) is 8.48. The summed E-state index contributed by atoms with van der Waals surface area (Å²) in [6.45, 7) is 11.7. The SMILES string of the molecule is C=C/C=C(\C(O)=C/C)c1[nH]c2c(c1Nc1cccc(F)c1OC)C(=CCC)CCCC2.CC.